The highest BCUT2D eigenvalue weighted by Gasteiger charge is 2.22. The van der Waals surface area contributed by atoms with Crippen LogP contribution in [0.1, 0.15) is 0 Å². The van der Waals surface area contributed by atoms with Crippen molar-refractivity contribution < 1.29 is 14.4 Å². The maximum absolute atomic E-state index is 12.0. The Labute approximate surface area is 58.2 Å². The molecule has 0 bridgehead atoms. The number of fused-ring (bicyclic) bond motifs is 1. The molecule has 2 rings (SSSR count). The summed E-state index contributed by atoms with van der Waals surface area (Å²) in [4.78, 5) is 0. The van der Waals surface area contributed by atoms with E-state index in [2.05, 4.69) is 0 Å². The first-order valence-corrected chi connectivity index (χ1v) is 2.70. The van der Waals surface area contributed by atoms with E-state index in [0.29, 0.717) is 0 Å². The molecule has 0 aromatic carbocycles. The average Bonchev–Trinajstić information content (AvgIpc) is 2.41. The molecule has 0 atom stereocenters. The van der Waals surface area contributed by atoms with E-state index in [-0.39, 0.29) is 13.5 Å². The van der Waals surface area contributed by atoms with E-state index in [1.807, 2.05) is 6.07 Å². The largest absolute Gasteiger partial charge is 0.482 e. The van der Waals surface area contributed by atoms with E-state index < -0.39 is 0 Å². The first-order chi connectivity index (χ1) is 4.81. The van der Waals surface area contributed by atoms with Crippen LogP contribution < -0.4 is 0 Å². The Kier molecular flexibility index (Phi) is 2.04. The molecule has 0 saturated heterocycles. The third-order valence-electron chi connectivity index (χ3n) is 1.23. The molecule has 0 aromatic heterocycles. The summed E-state index contributed by atoms with van der Waals surface area (Å²) in [5.74, 6) is -0.0116. The molecule has 0 fully saturated rings. The fourth-order valence-electron chi connectivity index (χ4n) is 0.758. The van der Waals surface area contributed by atoms with Crippen LogP contribution in [0.5, 0.6) is 0 Å². The molecular formula is C6H5BFO2. The second-order valence-electron chi connectivity index (χ2n) is 1.78. The SMILES string of the molecule is Fc1c2cccc1-2.O[B]O. The van der Waals surface area contributed by atoms with Crippen molar-refractivity contribution in [1.29, 1.82) is 0 Å². The Morgan fingerprint density at radius 3 is 1.80 bits per heavy atom. The molecule has 2 aliphatic rings. The van der Waals surface area contributed by atoms with Crippen LogP contribution in [0.3, 0.4) is 0 Å². The number of rotatable bonds is 0. The molecule has 2 N–H and O–H groups in total. The second-order valence-corrected chi connectivity index (χ2v) is 1.78. The van der Waals surface area contributed by atoms with E-state index in [1.54, 1.807) is 12.1 Å². The molecule has 51 valence electrons. The van der Waals surface area contributed by atoms with Crippen LogP contribution >= 0.6 is 0 Å². The van der Waals surface area contributed by atoms with E-state index >= 15 is 0 Å². The van der Waals surface area contributed by atoms with Crippen LogP contribution in [0.25, 0.3) is 11.1 Å². The number of benzene rings is 1. The predicted molar refractivity (Wildman–Crippen MR) is 35.6 cm³/mol. The molecule has 2 aliphatic carbocycles. The summed E-state index contributed by atoms with van der Waals surface area (Å²) < 4.78 is 12.0. The summed E-state index contributed by atoms with van der Waals surface area (Å²) in [6.45, 7) is 0. The summed E-state index contributed by atoms with van der Waals surface area (Å²) in [5, 5.41) is 14.0. The number of hydrogen-bond donors (Lipinski definition) is 2. The molecule has 0 saturated carbocycles. The highest BCUT2D eigenvalue weighted by Crippen LogP contribution is 2.39. The van der Waals surface area contributed by atoms with Crippen molar-refractivity contribution in [1.82, 2.24) is 0 Å². The van der Waals surface area contributed by atoms with Crippen molar-refractivity contribution in [2.45, 2.75) is 0 Å². The molecule has 0 spiro atoms. The first-order valence-electron chi connectivity index (χ1n) is 2.70. The van der Waals surface area contributed by atoms with Crippen molar-refractivity contribution in [3.8, 4) is 11.1 Å². The lowest BCUT2D eigenvalue weighted by molar-refractivity contribution is 0.448. The van der Waals surface area contributed by atoms with Gasteiger partial charge in [-0.15, -0.1) is 0 Å². The Morgan fingerprint density at radius 1 is 1.20 bits per heavy atom. The molecule has 0 aromatic rings. The van der Waals surface area contributed by atoms with Gasteiger partial charge in [0.15, 0.2) is 0 Å². The van der Waals surface area contributed by atoms with Gasteiger partial charge in [-0.05, 0) is 0 Å². The van der Waals surface area contributed by atoms with Gasteiger partial charge in [-0.1, -0.05) is 18.2 Å². The second kappa shape index (κ2) is 2.81. The Morgan fingerprint density at radius 2 is 1.60 bits per heavy atom. The van der Waals surface area contributed by atoms with Crippen LogP contribution in [0.15, 0.2) is 18.2 Å². The van der Waals surface area contributed by atoms with E-state index in [9.17, 15) is 4.39 Å². The lowest BCUT2D eigenvalue weighted by Crippen LogP contribution is -1.75. The minimum absolute atomic E-state index is 0. The summed E-state index contributed by atoms with van der Waals surface area (Å²) in [6, 6.07) is 5.42. The lowest BCUT2D eigenvalue weighted by Gasteiger charge is -1.54. The topological polar surface area (TPSA) is 40.5 Å². The maximum atomic E-state index is 12.0. The van der Waals surface area contributed by atoms with Crippen LogP contribution in [-0.2, 0) is 0 Å². The fourth-order valence-corrected chi connectivity index (χ4v) is 0.758. The van der Waals surface area contributed by atoms with Gasteiger partial charge in [0.1, 0.15) is 5.82 Å². The van der Waals surface area contributed by atoms with Crippen LogP contribution in [-0.4, -0.2) is 17.7 Å². The first kappa shape index (κ1) is 7.24. The highest BCUT2D eigenvalue weighted by molar-refractivity contribution is 6.13. The van der Waals surface area contributed by atoms with Gasteiger partial charge in [-0.2, -0.15) is 0 Å². The third kappa shape index (κ3) is 1.17. The summed E-state index contributed by atoms with van der Waals surface area (Å²) in [6.07, 6.45) is 0. The molecule has 4 heteroatoms. The van der Waals surface area contributed by atoms with Crippen molar-refractivity contribution in [2.75, 3.05) is 0 Å². The molecular weight excluding hydrogens is 134 g/mol. The molecule has 2 nitrogen and oxygen atoms in total. The van der Waals surface area contributed by atoms with E-state index in [0.717, 1.165) is 11.1 Å². The third-order valence-corrected chi connectivity index (χ3v) is 1.23. The highest BCUT2D eigenvalue weighted by atomic mass is 19.1. The normalized spacial score (nSPS) is 9.50. The Bertz CT molecular complexity index is 219. The lowest BCUT2D eigenvalue weighted by atomic mass is 10.5. The van der Waals surface area contributed by atoms with Crippen molar-refractivity contribution in [2.24, 2.45) is 0 Å². The maximum Gasteiger partial charge on any atom is 0.482 e. The van der Waals surface area contributed by atoms with Crippen molar-refractivity contribution in [3.05, 3.63) is 24.0 Å². The van der Waals surface area contributed by atoms with Gasteiger partial charge in [-0.25, -0.2) is 4.39 Å². The monoisotopic (exact) mass is 139 g/mol. The minimum atomic E-state index is -0.0116. The fraction of sp³-hybridized carbons (Fsp3) is 0. The Hall–Kier alpha value is -0.865. The number of halogens is 1. The van der Waals surface area contributed by atoms with Gasteiger partial charge >= 0.3 is 7.69 Å². The van der Waals surface area contributed by atoms with Crippen LogP contribution in [0, 0.1) is 5.82 Å². The molecule has 0 aliphatic heterocycles. The summed E-state index contributed by atoms with van der Waals surface area (Å²) >= 11 is 0. The average molecular weight is 139 g/mol. The predicted octanol–water partition coefficient (Wildman–Crippen LogP) is 0.311. The van der Waals surface area contributed by atoms with Gasteiger partial charge < -0.3 is 10.0 Å². The van der Waals surface area contributed by atoms with Gasteiger partial charge in [0.05, 0.1) is 0 Å². The van der Waals surface area contributed by atoms with Gasteiger partial charge in [0.2, 0.25) is 0 Å². The van der Waals surface area contributed by atoms with Gasteiger partial charge in [-0.3, -0.25) is 0 Å². The van der Waals surface area contributed by atoms with Gasteiger partial charge in [0, 0.05) is 11.1 Å². The zero-order valence-electron chi connectivity index (χ0n) is 5.08. The smallest absolute Gasteiger partial charge is 0.429 e. The minimum Gasteiger partial charge on any atom is -0.429 e. The number of hydrogen-bond acceptors (Lipinski definition) is 2. The summed E-state index contributed by atoms with van der Waals surface area (Å²) in [7, 11) is 0. The van der Waals surface area contributed by atoms with E-state index in [1.165, 1.54) is 0 Å². The van der Waals surface area contributed by atoms with Crippen LogP contribution in [0.4, 0.5) is 4.39 Å². The quantitative estimate of drug-likeness (QED) is 0.515. The Balaban J connectivity index is 0.000000148. The summed E-state index contributed by atoms with van der Waals surface area (Å²) in [5.41, 5.74) is 1.61. The van der Waals surface area contributed by atoms with Gasteiger partial charge in [0.25, 0.3) is 0 Å². The zero-order chi connectivity index (χ0) is 7.56. The van der Waals surface area contributed by atoms with Crippen molar-refractivity contribution >= 4 is 7.69 Å². The molecule has 0 amide bonds. The molecule has 10 heavy (non-hydrogen) atoms. The zero-order valence-corrected chi connectivity index (χ0v) is 5.08. The molecule has 0 heterocycles. The standard InChI is InChI=1S/C6H3F.BH2O2/c7-6-4-2-1-3-5(4)6;2-1-3/h1-3H;2-3H. The van der Waals surface area contributed by atoms with Crippen molar-refractivity contribution in [3.63, 3.8) is 0 Å². The van der Waals surface area contributed by atoms with Crippen LogP contribution in [0.2, 0.25) is 0 Å². The van der Waals surface area contributed by atoms with E-state index in [4.69, 9.17) is 10.0 Å². The molecule has 1 radical (unpaired) electrons. The molecule has 0 unspecified atom stereocenters.